The molecule has 94 valence electrons. The monoisotopic (exact) mass is 414 g/mol. The van der Waals surface area contributed by atoms with Crippen molar-refractivity contribution in [2.75, 3.05) is 0 Å². The highest BCUT2D eigenvalue weighted by atomic mass is 79.9. The van der Waals surface area contributed by atoms with Crippen LogP contribution in [-0.4, -0.2) is 9.97 Å². The van der Waals surface area contributed by atoms with Crippen LogP contribution in [0.4, 0.5) is 4.39 Å². The Labute approximate surface area is 129 Å². The van der Waals surface area contributed by atoms with Crippen LogP contribution in [0.1, 0.15) is 0 Å². The van der Waals surface area contributed by atoms with Gasteiger partial charge in [-0.05, 0) is 49.5 Å². The molecule has 0 bridgehead atoms. The maximum absolute atomic E-state index is 13.3. The van der Waals surface area contributed by atoms with Crippen molar-refractivity contribution in [2.45, 2.75) is 0 Å². The zero-order chi connectivity index (χ0) is 13.3. The summed E-state index contributed by atoms with van der Waals surface area (Å²) in [7, 11) is 0. The van der Waals surface area contributed by atoms with Crippen molar-refractivity contribution in [1.82, 2.24) is 9.97 Å². The Hall–Kier alpha value is -0.430. The minimum absolute atomic E-state index is 0.00555. The van der Waals surface area contributed by atoms with E-state index in [0.29, 0.717) is 8.95 Å². The highest BCUT2D eigenvalue weighted by molar-refractivity contribution is 9.11. The molecule has 0 fully saturated rings. The second-order valence-electron chi connectivity index (χ2n) is 3.09. The average molecular weight is 417 g/mol. The number of benzene rings is 1. The van der Waals surface area contributed by atoms with Gasteiger partial charge in [0.2, 0.25) is 11.2 Å². The van der Waals surface area contributed by atoms with Crippen molar-refractivity contribution in [2.24, 2.45) is 0 Å². The maximum atomic E-state index is 13.3. The second-order valence-corrected chi connectivity index (χ2v) is 5.54. The Kier molecular flexibility index (Phi) is 4.42. The van der Waals surface area contributed by atoms with Crippen LogP contribution in [0.25, 0.3) is 0 Å². The van der Waals surface area contributed by atoms with E-state index in [9.17, 15) is 4.39 Å². The van der Waals surface area contributed by atoms with Crippen LogP contribution in [0.2, 0.25) is 10.3 Å². The van der Waals surface area contributed by atoms with Crippen molar-refractivity contribution in [3.63, 3.8) is 0 Å². The summed E-state index contributed by atoms with van der Waals surface area (Å²) in [6.07, 6.45) is 1.44. The average Bonchev–Trinajstić information content (AvgIpc) is 2.30. The van der Waals surface area contributed by atoms with Gasteiger partial charge in [0.05, 0.1) is 14.0 Å². The van der Waals surface area contributed by atoms with Gasteiger partial charge < -0.3 is 4.74 Å². The van der Waals surface area contributed by atoms with Gasteiger partial charge in [-0.2, -0.15) is 4.98 Å². The lowest BCUT2D eigenvalue weighted by atomic mass is 10.3. The molecule has 0 aliphatic carbocycles. The number of hydrogen-bond acceptors (Lipinski definition) is 3. The summed E-state index contributed by atoms with van der Waals surface area (Å²) in [6.45, 7) is 0. The first-order chi connectivity index (χ1) is 8.47. The quantitative estimate of drug-likeness (QED) is 0.496. The van der Waals surface area contributed by atoms with Crippen LogP contribution < -0.4 is 4.74 Å². The zero-order valence-electron chi connectivity index (χ0n) is 8.42. The summed E-state index contributed by atoms with van der Waals surface area (Å²) in [5, 5.41) is 0.0211. The first-order valence-electron chi connectivity index (χ1n) is 4.48. The van der Waals surface area contributed by atoms with Crippen LogP contribution in [0, 0.1) is 5.82 Å². The smallest absolute Gasteiger partial charge is 0.238 e. The standard InChI is InChI=1S/C10H3Br2Cl2FN2O/c11-4-1-6(13)7(15)2-8(4)18-9-5(12)3-16-10(14)17-9/h1-3H. The van der Waals surface area contributed by atoms with E-state index in [1.807, 2.05) is 0 Å². The van der Waals surface area contributed by atoms with E-state index in [1.165, 1.54) is 12.3 Å². The number of aromatic nitrogens is 2. The molecule has 0 aliphatic heterocycles. The lowest BCUT2D eigenvalue weighted by Gasteiger charge is -2.09. The zero-order valence-corrected chi connectivity index (χ0v) is 13.1. The Morgan fingerprint density at radius 2 is 1.89 bits per heavy atom. The molecule has 0 saturated heterocycles. The molecule has 3 nitrogen and oxygen atoms in total. The molecule has 18 heavy (non-hydrogen) atoms. The summed E-state index contributed by atoms with van der Waals surface area (Å²) >= 11 is 17.7. The fourth-order valence-corrected chi connectivity index (χ4v) is 2.21. The third kappa shape index (κ3) is 3.12. The fourth-order valence-electron chi connectivity index (χ4n) is 1.09. The number of hydrogen-bond donors (Lipinski definition) is 0. The van der Waals surface area contributed by atoms with E-state index in [1.54, 1.807) is 0 Å². The lowest BCUT2D eigenvalue weighted by Crippen LogP contribution is -1.93. The Balaban J connectivity index is 2.40. The Bertz CT molecular complexity index is 613. The molecule has 2 rings (SSSR count). The molecule has 0 spiro atoms. The van der Waals surface area contributed by atoms with E-state index in [0.717, 1.165) is 6.07 Å². The fraction of sp³-hybridized carbons (Fsp3) is 0. The summed E-state index contributed by atoms with van der Waals surface area (Å²) in [5.74, 6) is -0.184. The van der Waals surface area contributed by atoms with Crippen molar-refractivity contribution in [3.05, 3.63) is 43.4 Å². The van der Waals surface area contributed by atoms with Gasteiger partial charge in [0.25, 0.3) is 0 Å². The van der Waals surface area contributed by atoms with Gasteiger partial charge in [0, 0.05) is 12.3 Å². The summed E-state index contributed by atoms with van der Waals surface area (Å²) in [5.41, 5.74) is 0. The number of nitrogens with zero attached hydrogens (tertiary/aromatic N) is 2. The third-order valence-electron chi connectivity index (χ3n) is 1.86. The molecule has 1 aromatic carbocycles. The van der Waals surface area contributed by atoms with E-state index < -0.39 is 5.82 Å². The molecule has 1 aromatic heterocycles. The molecule has 0 N–H and O–H groups in total. The van der Waals surface area contributed by atoms with Crippen molar-refractivity contribution in [3.8, 4) is 11.6 Å². The van der Waals surface area contributed by atoms with Crippen LogP contribution in [-0.2, 0) is 0 Å². The first-order valence-corrected chi connectivity index (χ1v) is 6.82. The molecule has 2 aromatic rings. The SMILES string of the molecule is Fc1cc(Oc2nc(Cl)ncc2Br)c(Br)cc1Cl. The van der Waals surface area contributed by atoms with E-state index in [4.69, 9.17) is 27.9 Å². The largest absolute Gasteiger partial charge is 0.436 e. The van der Waals surface area contributed by atoms with E-state index >= 15 is 0 Å². The summed E-state index contributed by atoms with van der Waals surface area (Å²) in [6, 6.07) is 2.54. The second kappa shape index (κ2) is 5.69. The van der Waals surface area contributed by atoms with Crippen molar-refractivity contribution < 1.29 is 9.13 Å². The van der Waals surface area contributed by atoms with Gasteiger partial charge in [0.15, 0.2) is 0 Å². The normalized spacial score (nSPS) is 10.5. The van der Waals surface area contributed by atoms with Gasteiger partial charge in [-0.25, -0.2) is 9.37 Å². The highest BCUT2D eigenvalue weighted by Gasteiger charge is 2.12. The highest BCUT2D eigenvalue weighted by Crippen LogP contribution is 2.35. The first kappa shape index (κ1) is 14.0. The molecule has 0 unspecified atom stereocenters. The van der Waals surface area contributed by atoms with E-state index in [2.05, 4.69) is 41.8 Å². The summed E-state index contributed by atoms with van der Waals surface area (Å²) in [4.78, 5) is 7.63. The Morgan fingerprint density at radius 1 is 1.17 bits per heavy atom. The van der Waals surface area contributed by atoms with Gasteiger partial charge in [-0.3, -0.25) is 0 Å². The molecule has 0 saturated carbocycles. The Morgan fingerprint density at radius 3 is 2.61 bits per heavy atom. The maximum Gasteiger partial charge on any atom is 0.238 e. The molecular weight excluding hydrogens is 414 g/mol. The molecule has 0 atom stereocenters. The molecule has 1 heterocycles. The lowest BCUT2D eigenvalue weighted by molar-refractivity contribution is 0.451. The molecule has 0 amide bonds. The van der Waals surface area contributed by atoms with Crippen LogP contribution in [0.3, 0.4) is 0 Å². The predicted octanol–water partition coefficient (Wildman–Crippen LogP) is 5.24. The van der Waals surface area contributed by atoms with Gasteiger partial charge in [0.1, 0.15) is 11.6 Å². The van der Waals surface area contributed by atoms with Crippen molar-refractivity contribution >= 4 is 55.1 Å². The minimum atomic E-state index is -0.592. The van der Waals surface area contributed by atoms with Gasteiger partial charge in [-0.15, -0.1) is 0 Å². The minimum Gasteiger partial charge on any atom is -0.436 e. The van der Waals surface area contributed by atoms with Gasteiger partial charge >= 0.3 is 0 Å². The molecule has 0 radical (unpaired) electrons. The number of halogens is 5. The number of rotatable bonds is 2. The van der Waals surface area contributed by atoms with Crippen LogP contribution >= 0.6 is 55.1 Å². The predicted molar refractivity (Wildman–Crippen MR) is 73.9 cm³/mol. The molecular formula is C10H3Br2Cl2FN2O. The molecule has 0 aliphatic rings. The topological polar surface area (TPSA) is 35.0 Å². The third-order valence-corrected chi connectivity index (χ3v) is 3.50. The van der Waals surface area contributed by atoms with Crippen LogP contribution in [0.5, 0.6) is 11.6 Å². The van der Waals surface area contributed by atoms with Crippen LogP contribution in [0.15, 0.2) is 27.3 Å². The van der Waals surface area contributed by atoms with Gasteiger partial charge in [-0.1, -0.05) is 11.6 Å². The summed E-state index contributed by atoms with van der Waals surface area (Å²) < 4.78 is 19.8. The van der Waals surface area contributed by atoms with Crippen molar-refractivity contribution in [1.29, 1.82) is 0 Å². The number of ether oxygens (including phenoxy) is 1. The van der Waals surface area contributed by atoms with E-state index in [-0.39, 0.29) is 21.9 Å². The molecule has 8 heteroatoms.